The summed E-state index contributed by atoms with van der Waals surface area (Å²) < 4.78 is 0. The maximum absolute atomic E-state index is 13.2. The number of carbonyl (C=O) groups excluding carboxylic acids is 3. The number of hydrogen-bond donors (Lipinski definition) is 1. The third-order valence-corrected chi connectivity index (χ3v) is 7.36. The van der Waals surface area contributed by atoms with Gasteiger partial charge in [-0.2, -0.15) is 0 Å². The molecule has 30 heavy (non-hydrogen) atoms. The lowest BCUT2D eigenvalue weighted by atomic mass is 9.63. The minimum atomic E-state index is -0.222. The van der Waals surface area contributed by atoms with Gasteiger partial charge >= 0.3 is 0 Å². The van der Waals surface area contributed by atoms with Gasteiger partial charge in [0.2, 0.25) is 11.8 Å². The van der Waals surface area contributed by atoms with E-state index >= 15 is 0 Å². The number of benzene rings is 2. The molecule has 3 amide bonds. The number of amides is 3. The van der Waals surface area contributed by atoms with Crippen LogP contribution >= 0.6 is 0 Å². The van der Waals surface area contributed by atoms with Gasteiger partial charge in [-0.15, -0.1) is 0 Å². The summed E-state index contributed by atoms with van der Waals surface area (Å²) in [6, 6.07) is 14.3. The summed E-state index contributed by atoms with van der Waals surface area (Å²) >= 11 is 0. The lowest BCUT2D eigenvalue weighted by Gasteiger charge is -2.37. The molecule has 4 aliphatic carbocycles. The Labute approximate surface area is 174 Å². The van der Waals surface area contributed by atoms with Crippen LogP contribution in [0.1, 0.15) is 22.3 Å². The summed E-state index contributed by atoms with van der Waals surface area (Å²) in [6.07, 6.45) is 5.50. The molecule has 2 aromatic rings. The van der Waals surface area contributed by atoms with Gasteiger partial charge in [-0.3, -0.25) is 19.3 Å². The number of nitrogens with zero attached hydrogens (tertiary/aromatic N) is 1. The first-order valence-corrected chi connectivity index (χ1v) is 10.6. The van der Waals surface area contributed by atoms with Crippen molar-refractivity contribution in [3.05, 3.63) is 71.8 Å². The van der Waals surface area contributed by atoms with Gasteiger partial charge in [-0.05, 0) is 73.4 Å². The fourth-order valence-electron chi connectivity index (χ4n) is 5.81. The van der Waals surface area contributed by atoms with E-state index in [1.807, 2.05) is 31.2 Å². The first-order valence-electron chi connectivity index (χ1n) is 10.6. The maximum Gasteiger partial charge on any atom is 0.255 e. The molecule has 6 atom stereocenters. The van der Waals surface area contributed by atoms with E-state index in [0.29, 0.717) is 23.1 Å². The van der Waals surface area contributed by atoms with Crippen LogP contribution in [0.2, 0.25) is 0 Å². The first-order chi connectivity index (χ1) is 14.5. The molecule has 2 saturated carbocycles. The van der Waals surface area contributed by atoms with Crippen LogP contribution in [0.15, 0.2) is 60.7 Å². The van der Waals surface area contributed by atoms with Crippen LogP contribution in [0.5, 0.6) is 0 Å². The lowest BCUT2D eigenvalue weighted by molar-refractivity contribution is -0.124. The largest absolute Gasteiger partial charge is 0.322 e. The van der Waals surface area contributed by atoms with E-state index in [9.17, 15) is 14.4 Å². The van der Waals surface area contributed by atoms with Gasteiger partial charge in [-0.25, -0.2) is 0 Å². The number of carbonyl (C=O) groups is 3. The molecule has 1 heterocycles. The molecule has 0 aromatic heterocycles. The van der Waals surface area contributed by atoms with Crippen LogP contribution in [-0.4, -0.2) is 17.7 Å². The van der Waals surface area contributed by atoms with E-state index in [0.717, 1.165) is 17.7 Å². The molecule has 5 heteroatoms. The van der Waals surface area contributed by atoms with E-state index in [1.165, 1.54) is 4.90 Å². The lowest BCUT2D eigenvalue weighted by Crippen LogP contribution is -2.40. The number of aryl methyl sites for hydroxylation is 1. The predicted octanol–water partition coefficient (Wildman–Crippen LogP) is 3.80. The highest BCUT2D eigenvalue weighted by molar-refractivity contribution is 6.22. The van der Waals surface area contributed by atoms with Gasteiger partial charge in [0.1, 0.15) is 0 Å². The zero-order valence-electron chi connectivity index (χ0n) is 16.6. The van der Waals surface area contributed by atoms with Crippen LogP contribution in [0.25, 0.3) is 0 Å². The smallest absolute Gasteiger partial charge is 0.255 e. The fraction of sp³-hybridized carbons (Fsp3) is 0.320. The van der Waals surface area contributed by atoms with E-state index in [4.69, 9.17) is 0 Å². The van der Waals surface area contributed by atoms with Gasteiger partial charge in [0.15, 0.2) is 0 Å². The van der Waals surface area contributed by atoms with E-state index < -0.39 is 0 Å². The average molecular weight is 398 g/mol. The standard InChI is InChI=1S/C25H22N2O3/c1-13-2-6-15(7-3-13)26-23(28)14-4-8-16(9-5-14)27-24(29)21-17-10-11-18(20-12-19(17)20)22(21)25(27)30/h2-11,17-22H,12H2,1H3,(H,26,28)/t17-,18-,19-,20+,21+,22+/m0/s1. The molecular weight excluding hydrogens is 376 g/mol. The second-order valence-electron chi connectivity index (χ2n) is 9.03. The Hall–Kier alpha value is -3.21. The second kappa shape index (κ2) is 6.14. The Morgan fingerprint density at radius 1 is 0.867 bits per heavy atom. The highest BCUT2D eigenvalue weighted by atomic mass is 16.2. The molecular formula is C25H22N2O3. The van der Waals surface area contributed by atoms with Crippen molar-refractivity contribution < 1.29 is 14.4 Å². The van der Waals surface area contributed by atoms with Gasteiger partial charge in [0.25, 0.3) is 5.91 Å². The third-order valence-electron chi connectivity index (χ3n) is 7.36. The second-order valence-corrected chi connectivity index (χ2v) is 9.03. The Kier molecular flexibility index (Phi) is 3.61. The van der Waals surface area contributed by atoms with Crippen LogP contribution < -0.4 is 10.2 Å². The van der Waals surface area contributed by atoms with Crippen molar-refractivity contribution in [2.45, 2.75) is 13.3 Å². The average Bonchev–Trinajstić information content (AvgIpc) is 3.53. The normalized spacial score (nSPS) is 32.8. The Morgan fingerprint density at radius 3 is 2.00 bits per heavy atom. The van der Waals surface area contributed by atoms with Gasteiger partial charge in [0.05, 0.1) is 17.5 Å². The molecule has 1 aliphatic heterocycles. The van der Waals surface area contributed by atoms with Crippen molar-refractivity contribution in [3.63, 3.8) is 0 Å². The van der Waals surface area contributed by atoms with Crippen molar-refractivity contribution in [3.8, 4) is 0 Å². The van der Waals surface area contributed by atoms with Gasteiger partial charge in [0, 0.05) is 11.3 Å². The van der Waals surface area contributed by atoms with E-state index in [-0.39, 0.29) is 41.4 Å². The Bertz CT molecular complexity index is 1070. The highest BCUT2D eigenvalue weighted by Gasteiger charge is 2.67. The summed E-state index contributed by atoms with van der Waals surface area (Å²) in [7, 11) is 0. The topological polar surface area (TPSA) is 66.5 Å². The summed E-state index contributed by atoms with van der Waals surface area (Å²) in [5, 5.41) is 2.87. The molecule has 3 fully saturated rings. The number of imide groups is 1. The maximum atomic E-state index is 13.2. The van der Waals surface area contributed by atoms with Crippen LogP contribution in [0, 0.1) is 42.4 Å². The zero-order chi connectivity index (χ0) is 20.6. The molecule has 0 spiro atoms. The highest BCUT2D eigenvalue weighted by Crippen LogP contribution is 2.65. The number of nitrogens with one attached hydrogen (secondary N) is 1. The number of anilines is 2. The molecule has 7 rings (SSSR count). The van der Waals surface area contributed by atoms with Crippen LogP contribution in [-0.2, 0) is 9.59 Å². The molecule has 1 saturated heterocycles. The summed E-state index contributed by atoms with van der Waals surface area (Å²) in [4.78, 5) is 40.3. The molecule has 1 N–H and O–H groups in total. The van der Waals surface area contributed by atoms with Crippen LogP contribution in [0.3, 0.4) is 0 Å². The van der Waals surface area contributed by atoms with Gasteiger partial charge in [-0.1, -0.05) is 29.8 Å². The summed E-state index contributed by atoms with van der Waals surface area (Å²) in [6.45, 7) is 1.99. The summed E-state index contributed by atoms with van der Waals surface area (Å²) in [5.74, 6) is 0.814. The molecule has 0 radical (unpaired) electrons. The molecule has 2 aromatic carbocycles. The number of hydrogen-bond acceptors (Lipinski definition) is 3. The van der Waals surface area contributed by atoms with Crippen LogP contribution in [0.4, 0.5) is 11.4 Å². The van der Waals surface area contributed by atoms with Crippen molar-refractivity contribution in [1.82, 2.24) is 0 Å². The molecule has 5 nitrogen and oxygen atoms in total. The Balaban J connectivity index is 1.23. The monoisotopic (exact) mass is 398 g/mol. The molecule has 5 aliphatic rings. The van der Waals surface area contributed by atoms with Gasteiger partial charge < -0.3 is 5.32 Å². The minimum Gasteiger partial charge on any atom is -0.322 e. The summed E-state index contributed by atoms with van der Waals surface area (Å²) in [5.41, 5.74) is 2.89. The van der Waals surface area contributed by atoms with Crippen molar-refractivity contribution >= 4 is 29.1 Å². The molecule has 2 bridgehead atoms. The SMILES string of the molecule is Cc1ccc(NC(=O)c2ccc(N3C(=O)[C@@H]4[C@H]5C=C[C@@H]([C@@H]6C[C@H]56)[C@H]4C3=O)cc2)cc1. The Morgan fingerprint density at radius 2 is 1.43 bits per heavy atom. The third kappa shape index (κ3) is 2.44. The van der Waals surface area contributed by atoms with Crippen molar-refractivity contribution in [2.24, 2.45) is 35.5 Å². The molecule has 0 unspecified atom stereocenters. The number of rotatable bonds is 3. The fourth-order valence-corrected chi connectivity index (χ4v) is 5.81. The van der Waals surface area contributed by atoms with Crippen molar-refractivity contribution in [2.75, 3.05) is 10.2 Å². The van der Waals surface area contributed by atoms with E-state index in [1.54, 1.807) is 24.3 Å². The quantitative estimate of drug-likeness (QED) is 0.632. The molecule has 150 valence electrons. The first kappa shape index (κ1) is 17.6. The number of allylic oxidation sites excluding steroid dienone is 2. The predicted molar refractivity (Wildman–Crippen MR) is 113 cm³/mol. The van der Waals surface area contributed by atoms with Crippen molar-refractivity contribution in [1.29, 1.82) is 0 Å². The minimum absolute atomic E-state index is 0.0773. The zero-order valence-corrected chi connectivity index (χ0v) is 16.6. The van der Waals surface area contributed by atoms with E-state index in [2.05, 4.69) is 17.5 Å².